The summed E-state index contributed by atoms with van der Waals surface area (Å²) in [5, 5.41) is 0. The maximum absolute atomic E-state index is 6.10. The standard InChI is InChI=1S/C22H31NO2/c1-5-13-25-22-19(7-6-8-21(22)24-4)14-20(15-23)18-11-9-17(10-12-18)16(2)3/h6-12,16,20H,5,13-15,23H2,1-4H3. The number of ether oxygens (including phenoxy) is 2. The van der Waals surface area contributed by atoms with Gasteiger partial charge in [0.15, 0.2) is 11.5 Å². The monoisotopic (exact) mass is 341 g/mol. The Hall–Kier alpha value is -2.00. The lowest BCUT2D eigenvalue weighted by atomic mass is 9.90. The third kappa shape index (κ3) is 4.99. The molecule has 2 N–H and O–H groups in total. The fraction of sp³-hybridized carbons (Fsp3) is 0.455. The minimum atomic E-state index is 0.261. The topological polar surface area (TPSA) is 44.5 Å². The first-order valence-corrected chi connectivity index (χ1v) is 9.19. The Labute approximate surface area is 152 Å². The van der Waals surface area contributed by atoms with Crippen LogP contribution in [0.25, 0.3) is 0 Å². The second-order valence-electron chi connectivity index (χ2n) is 6.76. The number of methoxy groups -OCH3 is 1. The molecule has 0 aliphatic carbocycles. The molecule has 3 heteroatoms. The Kier molecular flexibility index (Phi) is 7.32. The van der Waals surface area contributed by atoms with Crippen molar-refractivity contribution in [3.63, 3.8) is 0 Å². The minimum Gasteiger partial charge on any atom is -0.493 e. The second-order valence-corrected chi connectivity index (χ2v) is 6.76. The molecule has 0 fully saturated rings. The number of rotatable bonds is 9. The molecule has 0 spiro atoms. The molecule has 0 aromatic heterocycles. The molecule has 2 aromatic rings. The minimum absolute atomic E-state index is 0.261. The summed E-state index contributed by atoms with van der Waals surface area (Å²) in [5.74, 6) is 2.44. The van der Waals surface area contributed by atoms with Gasteiger partial charge in [-0.2, -0.15) is 0 Å². The van der Waals surface area contributed by atoms with E-state index < -0.39 is 0 Å². The van der Waals surface area contributed by atoms with Crippen LogP contribution in [0.15, 0.2) is 42.5 Å². The van der Waals surface area contributed by atoms with Crippen molar-refractivity contribution in [1.29, 1.82) is 0 Å². The zero-order valence-corrected chi connectivity index (χ0v) is 15.9. The Bertz CT molecular complexity index is 650. The quantitative estimate of drug-likeness (QED) is 0.706. The van der Waals surface area contributed by atoms with E-state index in [0.717, 1.165) is 29.9 Å². The molecule has 2 rings (SSSR count). The van der Waals surface area contributed by atoms with Gasteiger partial charge in [-0.25, -0.2) is 0 Å². The maximum atomic E-state index is 6.10. The number of benzene rings is 2. The molecule has 0 radical (unpaired) electrons. The van der Waals surface area contributed by atoms with Crippen molar-refractivity contribution < 1.29 is 9.47 Å². The predicted octanol–water partition coefficient (Wildman–Crippen LogP) is 4.89. The van der Waals surface area contributed by atoms with Crippen LogP contribution in [-0.2, 0) is 6.42 Å². The van der Waals surface area contributed by atoms with E-state index in [1.165, 1.54) is 11.1 Å². The van der Waals surface area contributed by atoms with Gasteiger partial charge in [-0.15, -0.1) is 0 Å². The third-order valence-electron chi connectivity index (χ3n) is 4.56. The van der Waals surface area contributed by atoms with E-state index in [4.69, 9.17) is 15.2 Å². The smallest absolute Gasteiger partial charge is 0.164 e. The van der Waals surface area contributed by atoms with Gasteiger partial charge >= 0.3 is 0 Å². The van der Waals surface area contributed by atoms with Gasteiger partial charge in [0.1, 0.15) is 0 Å². The van der Waals surface area contributed by atoms with Crippen molar-refractivity contribution in [3.05, 3.63) is 59.2 Å². The predicted molar refractivity (Wildman–Crippen MR) is 105 cm³/mol. The van der Waals surface area contributed by atoms with Gasteiger partial charge in [0.2, 0.25) is 0 Å². The van der Waals surface area contributed by atoms with Gasteiger partial charge in [-0.05, 0) is 48.1 Å². The first kappa shape index (κ1) is 19.3. The first-order chi connectivity index (χ1) is 12.1. The van der Waals surface area contributed by atoms with Crippen LogP contribution in [0.1, 0.15) is 55.7 Å². The summed E-state index contributed by atoms with van der Waals surface area (Å²) in [6.45, 7) is 7.81. The molecule has 1 unspecified atom stereocenters. The van der Waals surface area contributed by atoms with E-state index in [-0.39, 0.29) is 5.92 Å². The number of hydrogen-bond donors (Lipinski definition) is 1. The van der Waals surface area contributed by atoms with Crippen LogP contribution in [0.5, 0.6) is 11.5 Å². The Morgan fingerprint density at radius 2 is 1.68 bits per heavy atom. The van der Waals surface area contributed by atoms with Gasteiger partial charge < -0.3 is 15.2 Å². The molecule has 1 atom stereocenters. The fourth-order valence-corrected chi connectivity index (χ4v) is 3.01. The van der Waals surface area contributed by atoms with Gasteiger partial charge in [0.25, 0.3) is 0 Å². The van der Waals surface area contributed by atoms with Crippen LogP contribution in [0.3, 0.4) is 0 Å². The van der Waals surface area contributed by atoms with E-state index in [1.807, 2.05) is 12.1 Å². The van der Waals surface area contributed by atoms with E-state index >= 15 is 0 Å². The zero-order valence-electron chi connectivity index (χ0n) is 15.9. The van der Waals surface area contributed by atoms with Gasteiger partial charge in [0.05, 0.1) is 13.7 Å². The first-order valence-electron chi connectivity index (χ1n) is 9.19. The summed E-state index contributed by atoms with van der Waals surface area (Å²) in [4.78, 5) is 0. The van der Waals surface area contributed by atoms with Gasteiger partial charge in [0, 0.05) is 5.92 Å². The fourth-order valence-electron chi connectivity index (χ4n) is 3.01. The lowest BCUT2D eigenvalue weighted by Gasteiger charge is -2.20. The second kappa shape index (κ2) is 9.47. The van der Waals surface area contributed by atoms with Crippen molar-refractivity contribution in [1.82, 2.24) is 0 Å². The van der Waals surface area contributed by atoms with E-state index in [2.05, 4.69) is 51.1 Å². The third-order valence-corrected chi connectivity index (χ3v) is 4.56. The Morgan fingerprint density at radius 3 is 2.24 bits per heavy atom. The molecule has 0 heterocycles. The van der Waals surface area contributed by atoms with Crippen molar-refractivity contribution in [2.24, 2.45) is 5.73 Å². The van der Waals surface area contributed by atoms with Crippen molar-refractivity contribution >= 4 is 0 Å². The summed E-state index contributed by atoms with van der Waals surface area (Å²) in [6.07, 6.45) is 1.81. The van der Waals surface area contributed by atoms with E-state index in [1.54, 1.807) is 7.11 Å². The van der Waals surface area contributed by atoms with Crippen molar-refractivity contribution in [3.8, 4) is 11.5 Å². The van der Waals surface area contributed by atoms with Crippen LogP contribution in [0, 0.1) is 0 Å². The van der Waals surface area contributed by atoms with Crippen molar-refractivity contribution in [2.45, 2.75) is 45.4 Å². The summed E-state index contributed by atoms with van der Waals surface area (Å²) in [7, 11) is 1.68. The van der Waals surface area contributed by atoms with E-state index in [9.17, 15) is 0 Å². The Balaban J connectivity index is 2.26. The molecule has 0 amide bonds. The zero-order chi connectivity index (χ0) is 18.2. The highest BCUT2D eigenvalue weighted by Crippen LogP contribution is 2.34. The highest BCUT2D eigenvalue weighted by molar-refractivity contribution is 5.47. The molecule has 25 heavy (non-hydrogen) atoms. The summed E-state index contributed by atoms with van der Waals surface area (Å²) in [6, 6.07) is 14.9. The highest BCUT2D eigenvalue weighted by Gasteiger charge is 2.17. The molecule has 0 bridgehead atoms. The lowest BCUT2D eigenvalue weighted by molar-refractivity contribution is 0.290. The van der Waals surface area contributed by atoms with Crippen LogP contribution in [0.4, 0.5) is 0 Å². The Morgan fingerprint density at radius 1 is 1.00 bits per heavy atom. The number of nitrogens with two attached hydrogens (primary N) is 1. The van der Waals surface area contributed by atoms with Gasteiger partial charge in [-0.3, -0.25) is 0 Å². The van der Waals surface area contributed by atoms with Crippen LogP contribution < -0.4 is 15.2 Å². The molecule has 136 valence electrons. The molecule has 2 aromatic carbocycles. The van der Waals surface area contributed by atoms with Gasteiger partial charge in [-0.1, -0.05) is 57.2 Å². The lowest BCUT2D eigenvalue weighted by Crippen LogP contribution is -2.16. The summed E-state index contributed by atoms with van der Waals surface area (Å²) < 4.78 is 11.5. The van der Waals surface area contributed by atoms with Crippen molar-refractivity contribution in [2.75, 3.05) is 20.3 Å². The highest BCUT2D eigenvalue weighted by atomic mass is 16.5. The SMILES string of the molecule is CCCOc1c(CC(CN)c2ccc(C(C)C)cc2)cccc1OC. The van der Waals surface area contributed by atoms with E-state index in [0.29, 0.717) is 19.1 Å². The molecule has 0 saturated heterocycles. The number of para-hydroxylation sites is 1. The molecule has 3 nitrogen and oxygen atoms in total. The maximum Gasteiger partial charge on any atom is 0.164 e. The largest absolute Gasteiger partial charge is 0.493 e. The molecule has 0 aliphatic heterocycles. The molecule has 0 saturated carbocycles. The molecule has 0 aliphatic rings. The van der Waals surface area contributed by atoms with Crippen LogP contribution in [-0.4, -0.2) is 20.3 Å². The average Bonchev–Trinajstić information content (AvgIpc) is 2.64. The molecular weight excluding hydrogens is 310 g/mol. The molecular formula is C22H31NO2. The summed E-state index contributed by atoms with van der Waals surface area (Å²) >= 11 is 0. The van der Waals surface area contributed by atoms with Crippen LogP contribution in [0.2, 0.25) is 0 Å². The van der Waals surface area contributed by atoms with Crippen LogP contribution >= 0.6 is 0 Å². The normalized spacial score (nSPS) is 12.2. The number of hydrogen-bond acceptors (Lipinski definition) is 3. The summed E-state index contributed by atoms with van der Waals surface area (Å²) in [5.41, 5.74) is 9.88. The average molecular weight is 341 g/mol.